The molecule has 3 aromatic carbocycles. The molecule has 0 radical (unpaired) electrons. The van der Waals surface area contributed by atoms with E-state index in [0.717, 1.165) is 78.2 Å². The van der Waals surface area contributed by atoms with Crippen LogP contribution in [0.5, 0.6) is 0 Å². The number of carbonyl (C=O) groups is 3. The molecular formula is C53H57F3N10O6. The molecule has 2 atom stereocenters. The number of nitrogens with one attached hydrogen (secondary N) is 1. The Kier molecular flexibility index (Phi) is 12.4. The lowest BCUT2D eigenvalue weighted by Gasteiger charge is -2.41. The van der Waals surface area contributed by atoms with Crippen LogP contribution in [0.4, 0.5) is 18.9 Å². The Hall–Kier alpha value is -6.67. The molecule has 0 aliphatic carbocycles. The van der Waals surface area contributed by atoms with Gasteiger partial charge in [-0.15, -0.1) is 10.2 Å². The smallest absolute Gasteiger partial charge is 0.379 e. The fourth-order valence-corrected chi connectivity index (χ4v) is 11.2. The van der Waals surface area contributed by atoms with Crippen LogP contribution in [-0.2, 0) is 70.4 Å². The van der Waals surface area contributed by atoms with Gasteiger partial charge in [0.2, 0.25) is 11.8 Å². The van der Waals surface area contributed by atoms with Gasteiger partial charge in [0, 0.05) is 101 Å². The van der Waals surface area contributed by atoms with Crippen molar-refractivity contribution in [2.75, 3.05) is 57.4 Å². The number of aryl methyl sites for hydroxylation is 1. The minimum atomic E-state index is -4.70. The van der Waals surface area contributed by atoms with Crippen LogP contribution < -0.4 is 15.9 Å². The van der Waals surface area contributed by atoms with E-state index in [9.17, 15) is 32.3 Å². The van der Waals surface area contributed by atoms with Gasteiger partial charge >= 0.3 is 11.9 Å². The van der Waals surface area contributed by atoms with Crippen molar-refractivity contribution in [2.24, 2.45) is 7.05 Å². The third kappa shape index (κ3) is 9.34. The summed E-state index contributed by atoms with van der Waals surface area (Å²) in [7, 11) is 1.87. The van der Waals surface area contributed by atoms with Crippen LogP contribution >= 0.6 is 0 Å². The summed E-state index contributed by atoms with van der Waals surface area (Å²) in [5.74, 6) is -0.104. The number of carbonyl (C=O) groups excluding carboxylic acids is 3. The Bertz CT molecular complexity index is 3120. The fourth-order valence-electron chi connectivity index (χ4n) is 11.2. The van der Waals surface area contributed by atoms with Crippen molar-refractivity contribution >= 4 is 28.9 Å². The Morgan fingerprint density at radius 1 is 0.861 bits per heavy atom. The van der Waals surface area contributed by atoms with Gasteiger partial charge in [-0.25, -0.2) is 4.79 Å². The number of ether oxygens (including phenoxy) is 2. The first-order valence-corrected chi connectivity index (χ1v) is 24.6. The summed E-state index contributed by atoms with van der Waals surface area (Å²) < 4.78 is 60.9. The zero-order valence-electron chi connectivity index (χ0n) is 40.4. The van der Waals surface area contributed by atoms with E-state index in [0.29, 0.717) is 69.1 Å². The number of nitrogens with zero attached hydrogens (tertiary/aromatic N) is 9. The van der Waals surface area contributed by atoms with E-state index in [4.69, 9.17) is 9.47 Å². The van der Waals surface area contributed by atoms with Crippen LogP contribution in [0, 0.1) is 0 Å². The SMILES string of the molecule is Cn1cnnc1CC1(c2cccc(-n3cc4c(C(F)(F)F)cc(CN5CCC[C@@](C)(OCc6ccc(CN7CCN(c8ccc9c(c8)CN([C@@H]8CCC(=O)NC8=O)C9=O)CC7)cc6)C5)cn4c3=O)c2)COC1. The Labute approximate surface area is 413 Å². The highest BCUT2D eigenvalue weighted by Crippen LogP contribution is 2.38. The maximum atomic E-state index is 14.8. The molecule has 4 fully saturated rings. The van der Waals surface area contributed by atoms with Gasteiger partial charge in [-0.05, 0) is 96.9 Å². The fraction of sp³-hybridized carbons (Fsp3) is 0.434. The molecule has 16 nitrogen and oxygen atoms in total. The number of piperidine rings is 2. The van der Waals surface area contributed by atoms with Gasteiger partial charge in [-0.2, -0.15) is 13.2 Å². The van der Waals surface area contributed by atoms with Gasteiger partial charge in [-0.3, -0.25) is 38.5 Å². The van der Waals surface area contributed by atoms with Crippen LogP contribution in [0.3, 0.4) is 0 Å². The number of likely N-dealkylation sites (tertiary alicyclic amines) is 1. The third-order valence-electron chi connectivity index (χ3n) is 15.3. The highest BCUT2D eigenvalue weighted by atomic mass is 19.4. The van der Waals surface area contributed by atoms with Crippen LogP contribution in [0.15, 0.2) is 96.3 Å². The van der Waals surface area contributed by atoms with Gasteiger partial charge < -0.3 is 23.8 Å². The minimum Gasteiger partial charge on any atom is -0.379 e. The van der Waals surface area contributed by atoms with Gasteiger partial charge in [0.05, 0.1) is 42.2 Å². The number of benzene rings is 3. The molecule has 4 saturated heterocycles. The highest BCUT2D eigenvalue weighted by Gasteiger charge is 2.43. The van der Waals surface area contributed by atoms with E-state index in [1.54, 1.807) is 17.3 Å². The first-order valence-electron chi connectivity index (χ1n) is 24.6. The predicted octanol–water partition coefficient (Wildman–Crippen LogP) is 5.40. The third-order valence-corrected chi connectivity index (χ3v) is 15.3. The number of alkyl halides is 3. The van der Waals surface area contributed by atoms with Crippen LogP contribution in [0.2, 0.25) is 0 Å². The van der Waals surface area contributed by atoms with Crippen molar-refractivity contribution in [1.82, 2.24) is 43.7 Å². The van der Waals surface area contributed by atoms with E-state index in [1.165, 1.54) is 28.6 Å². The Morgan fingerprint density at radius 2 is 1.64 bits per heavy atom. The van der Waals surface area contributed by atoms with Crippen molar-refractivity contribution in [1.29, 1.82) is 0 Å². The summed E-state index contributed by atoms with van der Waals surface area (Å²) in [6, 6.07) is 22.2. The molecule has 5 aliphatic rings. The average Bonchev–Trinajstić information content (AvgIpc) is 4.02. The van der Waals surface area contributed by atoms with E-state index >= 15 is 0 Å². The number of halogens is 3. The summed E-state index contributed by atoms with van der Waals surface area (Å²) in [5, 5.41) is 10.6. The van der Waals surface area contributed by atoms with E-state index in [2.05, 4.69) is 67.5 Å². The van der Waals surface area contributed by atoms with Gasteiger partial charge in [0.25, 0.3) is 5.91 Å². The molecule has 11 rings (SSSR count). The van der Waals surface area contributed by atoms with Crippen LogP contribution in [-0.4, -0.2) is 120 Å². The number of hydrogen-bond acceptors (Lipinski definition) is 11. The van der Waals surface area contributed by atoms with Gasteiger partial charge in [-0.1, -0.05) is 36.4 Å². The van der Waals surface area contributed by atoms with Crippen molar-refractivity contribution < 1.29 is 37.0 Å². The quantitative estimate of drug-likeness (QED) is 0.148. The monoisotopic (exact) mass is 986 g/mol. The van der Waals surface area contributed by atoms with Crippen molar-refractivity contribution in [2.45, 2.75) is 88.5 Å². The number of rotatable bonds is 13. The zero-order valence-corrected chi connectivity index (χ0v) is 40.4. The van der Waals surface area contributed by atoms with Crippen molar-refractivity contribution in [3.63, 3.8) is 0 Å². The number of fused-ring (bicyclic) bond motifs is 2. The number of pyridine rings is 1. The molecule has 8 heterocycles. The standard InChI is InChI=1S/C53H57F3N10O6/c1-51(72-30-36-9-7-35(8-10-36)25-61-17-19-63(20-18-61)40-11-12-42-38(22-40)28-65(49(42)69)44-13-14-47(67)58-48(44)68)15-4-16-62(31-51)26-37-21-43(53(54,55)56)45-29-64(50(70)66(45)27-37)41-6-3-5-39(23-41)52(32-71-33-52)24-46-59-57-34-60(46)2/h3,5-12,21-23,27,29,34,44H,4,13-20,24-26,28,30-33H2,1-2H3,(H,58,67,68)/t44-,51-/m1/s1. The molecule has 1 N–H and O–H groups in total. The van der Waals surface area contributed by atoms with E-state index < -0.39 is 40.4 Å². The number of anilines is 1. The lowest BCUT2D eigenvalue weighted by atomic mass is 9.75. The van der Waals surface area contributed by atoms with Crippen molar-refractivity contribution in [3.8, 4) is 5.69 Å². The number of imidazole rings is 1. The van der Waals surface area contributed by atoms with Crippen LogP contribution in [0.25, 0.3) is 11.2 Å². The number of piperazine rings is 1. The van der Waals surface area contributed by atoms with E-state index in [1.807, 2.05) is 41.9 Å². The number of amides is 3. The molecule has 3 aromatic heterocycles. The molecule has 5 aliphatic heterocycles. The molecule has 376 valence electrons. The van der Waals surface area contributed by atoms with Crippen molar-refractivity contribution in [3.05, 3.63) is 147 Å². The molecule has 0 spiro atoms. The first-order chi connectivity index (χ1) is 34.6. The number of hydrogen-bond donors (Lipinski definition) is 1. The lowest BCUT2D eigenvalue weighted by Crippen LogP contribution is -2.52. The van der Waals surface area contributed by atoms with Gasteiger partial charge in [0.15, 0.2) is 0 Å². The summed E-state index contributed by atoms with van der Waals surface area (Å²) in [6.07, 6.45) is 2.49. The van der Waals surface area contributed by atoms with E-state index in [-0.39, 0.29) is 30.3 Å². The maximum Gasteiger partial charge on any atom is 0.418 e. The van der Waals surface area contributed by atoms with Crippen LogP contribution in [0.1, 0.15) is 82.2 Å². The largest absolute Gasteiger partial charge is 0.418 e. The Balaban J connectivity index is 0.696. The molecule has 0 saturated carbocycles. The minimum absolute atomic E-state index is 0.172. The molecular weight excluding hydrogens is 930 g/mol. The predicted molar refractivity (Wildman–Crippen MR) is 259 cm³/mol. The highest BCUT2D eigenvalue weighted by molar-refractivity contribution is 6.05. The molecule has 72 heavy (non-hydrogen) atoms. The second-order valence-corrected chi connectivity index (χ2v) is 20.5. The number of imide groups is 1. The first kappa shape index (κ1) is 47.6. The summed E-state index contributed by atoms with van der Waals surface area (Å²) in [4.78, 5) is 59.8. The average molecular weight is 987 g/mol. The normalized spacial score (nSPS) is 21.8. The maximum absolute atomic E-state index is 14.8. The second-order valence-electron chi connectivity index (χ2n) is 20.5. The summed E-state index contributed by atoms with van der Waals surface area (Å²) in [5.41, 5.74) is 3.94. The molecule has 0 unspecified atom stereocenters. The lowest BCUT2D eigenvalue weighted by molar-refractivity contribution is -0.137. The Morgan fingerprint density at radius 3 is 2.36 bits per heavy atom. The molecule has 3 amide bonds. The molecule has 19 heteroatoms. The molecule has 0 bridgehead atoms. The topological polar surface area (TPSA) is 152 Å². The zero-order chi connectivity index (χ0) is 49.9. The van der Waals surface area contributed by atoms with Gasteiger partial charge in [0.1, 0.15) is 18.2 Å². The molecule has 6 aromatic rings. The summed E-state index contributed by atoms with van der Waals surface area (Å²) >= 11 is 0. The second kappa shape index (κ2) is 18.7. The summed E-state index contributed by atoms with van der Waals surface area (Å²) in [6.45, 7) is 9.30. The number of aromatic nitrogens is 5.